The summed E-state index contributed by atoms with van der Waals surface area (Å²) < 4.78 is 6.89. The lowest BCUT2D eigenvalue weighted by molar-refractivity contribution is -0.759. The van der Waals surface area contributed by atoms with Gasteiger partial charge in [-0.1, -0.05) is 30.0 Å². The molecule has 1 aliphatic heterocycles. The van der Waals surface area contributed by atoms with Gasteiger partial charge in [-0.3, -0.25) is 9.78 Å². The summed E-state index contributed by atoms with van der Waals surface area (Å²) in [5, 5.41) is 17.3. The number of thioether (sulfide) groups is 1. The predicted molar refractivity (Wildman–Crippen MR) is 113 cm³/mol. The Hall–Kier alpha value is -3.59. The average molecular weight is 423 g/mol. The zero-order chi connectivity index (χ0) is 21.1. The van der Waals surface area contributed by atoms with E-state index in [0.717, 1.165) is 16.8 Å². The molecule has 1 aliphatic rings. The van der Waals surface area contributed by atoms with Crippen molar-refractivity contribution in [3.05, 3.63) is 77.1 Å². The number of nitrogens with zero attached hydrogens (tertiary/aromatic N) is 2. The molecule has 1 aromatic heterocycles. The molecule has 152 valence electrons. The SMILES string of the molecule is C=CCSc1n[n+]2c(c(=O)[nH]1)-c1ccccc1N[C@@H]2c1ccc(OCC(=O)O)cc1. The molecule has 0 aliphatic carbocycles. The summed E-state index contributed by atoms with van der Waals surface area (Å²) >= 11 is 1.39. The molecule has 0 radical (unpaired) electrons. The summed E-state index contributed by atoms with van der Waals surface area (Å²) in [5.41, 5.74) is 2.67. The Morgan fingerprint density at radius 2 is 2.03 bits per heavy atom. The van der Waals surface area contributed by atoms with Crippen LogP contribution in [0.15, 0.2) is 71.1 Å². The van der Waals surface area contributed by atoms with Gasteiger partial charge < -0.3 is 15.2 Å². The first-order valence-electron chi connectivity index (χ1n) is 9.17. The lowest BCUT2D eigenvalue weighted by Gasteiger charge is -2.22. The molecule has 2 aromatic carbocycles. The van der Waals surface area contributed by atoms with E-state index in [9.17, 15) is 9.59 Å². The second-order valence-corrected chi connectivity index (χ2v) is 7.50. The third kappa shape index (κ3) is 3.92. The first kappa shape index (κ1) is 19.7. The van der Waals surface area contributed by atoms with Crippen LogP contribution in [0.4, 0.5) is 5.69 Å². The maximum Gasteiger partial charge on any atom is 0.341 e. The molecule has 0 saturated carbocycles. The van der Waals surface area contributed by atoms with Gasteiger partial charge in [0, 0.05) is 16.4 Å². The highest BCUT2D eigenvalue weighted by atomic mass is 32.2. The van der Waals surface area contributed by atoms with Gasteiger partial charge in [0.15, 0.2) is 6.61 Å². The summed E-state index contributed by atoms with van der Waals surface area (Å²) in [5.74, 6) is 0.0258. The van der Waals surface area contributed by atoms with E-state index < -0.39 is 18.7 Å². The number of H-pyrrole nitrogens is 1. The number of ether oxygens (including phenoxy) is 1. The number of para-hydroxylation sites is 1. The highest BCUT2D eigenvalue weighted by Crippen LogP contribution is 2.32. The predicted octanol–water partition coefficient (Wildman–Crippen LogP) is 2.44. The second kappa shape index (κ2) is 8.42. The lowest BCUT2D eigenvalue weighted by Crippen LogP contribution is -2.55. The van der Waals surface area contributed by atoms with E-state index in [2.05, 4.69) is 22.0 Å². The van der Waals surface area contributed by atoms with Crippen LogP contribution in [0.3, 0.4) is 0 Å². The van der Waals surface area contributed by atoms with Crippen LogP contribution < -0.4 is 20.3 Å². The van der Waals surface area contributed by atoms with Crippen molar-refractivity contribution in [2.24, 2.45) is 0 Å². The van der Waals surface area contributed by atoms with Gasteiger partial charge in [-0.05, 0) is 41.1 Å². The normalized spacial score (nSPS) is 14.2. The number of aliphatic carboxylic acids is 1. The molecule has 1 atom stereocenters. The van der Waals surface area contributed by atoms with Crippen molar-refractivity contribution < 1.29 is 19.3 Å². The first-order chi connectivity index (χ1) is 14.6. The second-order valence-electron chi connectivity index (χ2n) is 6.50. The van der Waals surface area contributed by atoms with Crippen molar-refractivity contribution in [2.75, 3.05) is 17.7 Å². The molecule has 9 heteroatoms. The molecule has 0 amide bonds. The fourth-order valence-electron chi connectivity index (χ4n) is 3.21. The van der Waals surface area contributed by atoms with Crippen molar-refractivity contribution in [3.8, 4) is 17.0 Å². The van der Waals surface area contributed by atoms with Gasteiger partial charge in [-0.2, -0.15) is 0 Å². The van der Waals surface area contributed by atoms with Gasteiger partial charge in [0.2, 0.25) is 5.16 Å². The van der Waals surface area contributed by atoms with Gasteiger partial charge in [0.1, 0.15) is 5.75 Å². The number of aromatic amines is 1. The van der Waals surface area contributed by atoms with E-state index in [0.29, 0.717) is 22.4 Å². The zero-order valence-electron chi connectivity index (χ0n) is 15.9. The van der Waals surface area contributed by atoms with Crippen LogP contribution in [0.25, 0.3) is 11.3 Å². The number of aromatic nitrogens is 3. The Labute approximate surface area is 176 Å². The largest absolute Gasteiger partial charge is 0.482 e. The molecule has 3 N–H and O–H groups in total. The number of nitrogens with one attached hydrogen (secondary N) is 2. The molecule has 0 unspecified atom stereocenters. The van der Waals surface area contributed by atoms with Crippen molar-refractivity contribution in [1.82, 2.24) is 10.1 Å². The van der Waals surface area contributed by atoms with E-state index in [1.165, 1.54) is 11.8 Å². The number of rotatable bonds is 7. The highest BCUT2D eigenvalue weighted by Gasteiger charge is 2.37. The smallest absolute Gasteiger partial charge is 0.341 e. The van der Waals surface area contributed by atoms with Gasteiger partial charge in [-0.15, -0.1) is 6.58 Å². The number of hydrogen-bond donors (Lipinski definition) is 3. The van der Waals surface area contributed by atoms with Gasteiger partial charge in [0.05, 0.1) is 11.3 Å². The highest BCUT2D eigenvalue weighted by molar-refractivity contribution is 7.99. The molecule has 0 fully saturated rings. The standard InChI is InChI=1S/C21H18N4O4S/c1-2-11-30-21-23-20(28)18-15-5-3-4-6-16(15)22-19(25(18)24-21)13-7-9-14(10-8-13)29-12-17(26)27/h2-10,19H,1,11-12H2,(H2,23,24,26,27,28)/p+1/t19-/m0/s1. The fraction of sp³-hybridized carbons (Fsp3) is 0.143. The maximum absolute atomic E-state index is 12.9. The minimum atomic E-state index is -1.04. The van der Waals surface area contributed by atoms with Crippen molar-refractivity contribution in [3.63, 3.8) is 0 Å². The first-order valence-corrected chi connectivity index (χ1v) is 10.2. The summed E-state index contributed by atoms with van der Waals surface area (Å²) in [6.45, 7) is 3.29. The number of carboxylic acid groups (broad SMARTS) is 1. The van der Waals surface area contributed by atoms with Crippen LogP contribution >= 0.6 is 11.8 Å². The Kier molecular flexibility index (Phi) is 5.53. The quantitative estimate of drug-likeness (QED) is 0.304. The Balaban J connectivity index is 1.77. The fourth-order valence-corrected chi connectivity index (χ4v) is 3.79. The third-order valence-electron chi connectivity index (χ3n) is 4.48. The molecular weight excluding hydrogens is 404 g/mol. The number of fused-ring (bicyclic) bond motifs is 3. The Bertz CT molecular complexity index is 1160. The minimum absolute atomic E-state index is 0.225. The molecule has 3 aromatic rings. The van der Waals surface area contributed by atoms with Crippen LogP contribution in [-0.2, 0) is 4.79 Å². The molecular formula is C21H19N4O4S+. The van der Waals surface area contributed by atoms with Crippen molar-refractivity contribution >= 4 is 23.4 Å². The Morgan fingerprint density at radius 1 is 1.27 bits per heavy atom. The van der Waals surface area contributed by atoms with Crippen LogP contribution in [0.1, 0.15) is 11.7 Å². The molecule has 0 spiro atoms. The maximum atomic E-state index is 12.9. The van der Waals surface area contributed by atoms with E-state index in [1.54, 1.807) is 22.9 Å². The van der Waals surface area contributed by atoms with Crippen LogP contribution in [0, 0.1) is 0 Å². The monoisotopic (exact) mass is 423 g/mol. The summed E-state index contributed by atoms with van der Waals surface area (Å²) in [6.07, 6.45) is 1.32. The Morgan fingerprint density at radius 3 is 2.77 bits per heavy atom. The van der Waals surface area contributed by atoms with Crippen molar-refractivity contribution in [1.29, 1.82) is 0 Å². The van der Waals surface area contributed by atoms with Gasteiger partial charge >= 0.3 is 17.2 Å². The molecule has 30 heavy (non-hydrogen) atoms. The molecule has 8 nitrogen and oxygen atoms in total. The van der Waals surface area contributed by atoms with E-state index >= 15 is 0 Å². The number of carbonyl (C=O) groups is 1. The van der Waals surface area contributed by atoms with E-state index in [1.807, 2.05) is 36.4 Å². The number of carboxylic acids is 1. The van der Waals surface area contributed by atoms with Gasteiger partial charge in [-0.25, -0.2) is 4.79 Å². The summed E-state index contributed by atoms with van der Waals surface area (Å²) in [7, 11) is 0. The van der Waals surface area contributed by atoms with Crippen LogP contribution in [-0.4, -0.2) is 33.5 Å². The number of anilines is 1. The average Bonchev–Trinajstić information content (AvgIpc) is 2.76. The van der Waals surface area contributed by atoms with Crippen LogP contribution in [0.2, 0.25) is 0 Å². The lowest BCUT2D eigenvalue weighted by atomic mass is 10.0. The van der Waals surface area contributed by atoms with Crippen LogP contribution in [0.5, 0.6) is 5.75 Å². The summed E-state index contributed by atoms with van der Waals surface area (Å²) in [6, 6.07) is 14.6. The third-order valence-corrected chi connectivity index (χ3v) is 5.34. The van der Waals surface area contributed by atoms with E-state index in [4.69, 9.17) is 9.84 Å². The zero-order valence-corrected chi connectivity index (χ0v) is 16.7. The topological polar surface area (TPSA) is 108 Å². The molecule has 2 heterocycles. The van der Waals surface area contributed by atoms with E-state index in [-0.39, 0.29) is 5.56 Å². The number of benzene rings is 2. The molecule has 0 bridgehead atoms. The molecule has 4 rings (SSSR count). The number of hydrogen-bond acceptors (Lipinski definition) is 6. The van der Waals surface area contributed by atoms with Gasteiger partial charge in [0.25, 0.3) is 6.17 Å². The molecule has 0 saturated heterocycles. The minimum Gasteiger partial charge on any atom is -0.482 e. The summed E-state index contributed by atoms with van der Waals surface area (Å²) in [4.78, 5) is 26.5. The van der Waals surface area contributed by atoms with Crippen molar-refractivity contribution in [2.45, 2.75) is 11.3 Å².